The second kappa shape index (κ2) is 7.48. The summed E-state index contributed by atoms with van der Waals surface area (Å²) in [5.41, 5.74) is 2.58. The van der Waals surface area contributed by atoms with Crippen LogP contribution in [0.15, 0.2) is 45.6 Å². The normalized spacial score (nSPS) is 11.3. The molecule has 26 heavy (non-hydrogen) atoms. The van der Waals surface area contributed by atoms with Crippen LogP contribution in [0.3, 0.4) is 0 Å². The Morgan fingerprint density at radius 2 is 1.96 bits per heavy atom. The number of benzene rings is 2. The number of methoxy groups -OCH3 is 1. The summed E-state index contributed by atoms with van der Waals surface area (Å²) in [6.45, 7) is 2.87. The molecule has 6 heteroatoms. The number of hydrogen-bond donors (Lipinski definition) is 0. The average Bonchev–Trinajstić information content (AvgIpc) is 2.56. The quantitative estimate of drug-likeness (QED) is 0.614. The van der Waals surface area contributed by atoms with Crippen molar-refractivity contribution in [3.63, 3.8) is 0 Å². The van der Waals surface area contributed by atoms with Gasteiger partial charge in [-0.3, -0.25) is 4.90 Å². The van der Waals surface area contributed by atoms with E-state index in [-0.39, 0.29) is 5.75 Å². The van der Waals surface area contributed by atoms with E-state index < -0.39 is 11.4 Å². The van der Waals surface area contributed by atoms with Crippen LogP contribution in [0.4, 0.5) is 4.39 Å². The molecule has 0 bridgehead atoms. The maximum atomic E-state index is 13.9. The van der Waals surface area contributed by atoms with Gasteiger partial charge in [0, 0.05) is 29.6 Å². The lowest BCUT2D eigenvalue weighted by Crippen LogP contribution is -2.18. The van der Waals surface area contributed by atoms with E-state index in [1.807, 2.05) is 31.0 Å². The Kier molecular flexibility index (Phi) is 5.30. The van der Waals surface area contributed by atoms with Gasteiger partial charge in [-0.2, -0.15) is 0 Å². The van der Waals surface area contributed by atoms with Gasteiger partial charge < -0.3 is 9.15 Å². The summed E-state index contributed by atoms with van der Waals surface area (Å²) in [6.07, 6.45) is 0. The topological polar surface area (TPSA) is 42.7 Å². The van der Waals surface area contributed by atoms with Crippen LogP contribution in [0.5, 0.6) is 5.75 Å². The standard InChI is InChI=1S/C20H19ClFNO3/c1-12-6-19-15(9-16(12)21)14(8-20(24)26-19)11-23(2)10-13-4-5-18(25-3)17(22)7-13/h4-9H,10-11H2,1-3H3. The molecule has 0 amide bonds. The summed E-state index contributed by atoms with van der Waals surface area (Å²) in [4.78, 5) is 13.9. The van der Waals surface area contributed by atoms with Crippen LogP contribution in [0.2, 0.25) is 5.02 Å². The first kappa shape index (κ1) is 18.4. The molecule has 0 spiro atoms. The first-order valence-corrected chi connectivity index (χ1v) is 8.49. The minimum atomic E-state index is -0.405. The molecule has 3 aromatic rings. The predicted molar refractivity (Wildman–Crippen MR) is 100 cm³/mol. The molecule has 3 rings (SSSR count). The lowest BCUT2D eigenvalue weighted by atomic mass is 10.1. The SMILES string of the molecule is COc1ccc(CN(C)Cc2cc(=O)oc3cc(C)c(Cl)cc23)cc1F. The summed E-state index contributed by atoms with van der Waals surface area (Å²) in [5.74, 6) is -0.181. The van der Waals surface area contributed by atoms with Crippen LogP contribution in [0.1, 0.15) is 16.7 Å². The van der Waals surface area contributed by atoms with Crippen molar-refractivity contribution in [1.82, 2.24) is 4.90 Å². The van der Waals surface area contributed by atoms with E-state index in [1.54, 1.807) is 12.1 Å². The molecule has 4 nitrogen and oxygen atoms in total. The molecule has 0 unspecified atom stereocenters. The Morgan fingerprint density at radius 3 is 2.65 bits per heavy atom. The predicted octanol–water partition coefficient (Wildman–Crippen LogP) is 4.53. The highest BCUT2D eigenvalue weighted by Crippen LogP contribution is 2.26. The van der Waals surface area contributed by atoms with Crippen LogP contribution >= 0.6 is 11.6 Å². The number of hydrogen-bond acceptors (Lipinski definition) is 4. The number of halogens is 2. The molecule has 1 aromatic heterocycles. The Hall–Kier alpha value is -2.37. The third-order valence-electron chi connectivity index (χ3n) is 4.22. The second-order valence-electron chi connectivity index (χ2n) is 6.33. The van der Waals surface area contributed by atoms with Gasteiger partial charge in [0.25, 0.3) is 0 Å². The average molecular weight is 376 g/mol. The van der Waals surface area contributed by atoms with Gasteiger partial charge >= 0.3 is 5.63 Å². The van der Waals surface area contributed by atoms with Gasteiger partial charge in [0.15, 0.2) is 11.6 Å². The van der Waals surface area contributed by atoms with Crippen LogP contribution in [-0.2, 0) is 13.1 Å². The first-order valence-electron chi connectivity index (χ1n) is 8.11. The van der Waals surface area contributed by atoms with Crippen molar-refractivity contribution in [2.45, 2.75) is 20.0 Å². The van der Waals surface area contributed by atoms with Crippen molar-refractivity contribution >= 4 is 22.6 Å². The van der Waals surface area contributed by atoms with Gasteiger partial charge in [0.1, 0.15) is 5.58 Å². The molecule has 0 saturated heterocycles. The highest BCUT2D eigenvalue weighted by Gasteiger charge is 2.12. The Labute approximate surface area is 155 Å². The van der Waals surface area contributed by atoms with Crippen molar-refractivity contribution in [3.05, 3.63) is 74.3 Å². The molecular formula is C20H19ClFNO3. The molecule has 0 aliphatic carbocycles. The second-order valence-corrected chi connectivity index (χ2v) is 6.74. The summed E-state index contributed by atoms with van der Waals surface area (Å²) < 4.78 is 24.1. The highest BCUT2D eigenvalue weighted by molar-refractivity contribution is 6.32. The lowest BCUT2D eigenvalue weighted by Gasteiger charge is -2.18. The molecule has 0 fully saturated rings. The third-order valence-corrected chi connectivity index (χ3v) is 4.63. The maximum absolute atomic E-state index is 13.9. The number of ether oxygens (including phenoxy) is 1. The van der Waals surface area contributed by atoms with Gasteiger partial charge in [-0.15, -0.1) is 0 Å². The molecule has 0 aliphatic heterocycles. The van der Waals surface area contributed by atoms with Crippen LogP contribution < -0.4 is 10.4 Å². The fourth-order valence-electron chi connectivity index (χ4n) is 2.95. The number of fused-ring (bicyclic) bond motifs is 1. The Balaban J connectivity index is 1.87. The first-order chi connectivity index (χ1) is 12.4. The number of rotatable bonds is 5. The number of nitrogens with zero attached hydrogens (tertiary/aromatic N) is 1. The molecule has 0 saturated carbocycles. The van der Waals surface area contributed by atoms with Gasteiger partial charge in [0.2, 0.25) is 0 Å². The number of aryl methyl sites for hydroxylation is 1. The molecule has 0 atom stereocenters. The largest absolute Gasteiger partial charge is 0.494 e. The fraction of sp³-hybridized carbons (Fsp3) is 0.250. The molecule has 1 heterocycles. The summed E-state index contributed by atoms with van der Waals surface area (Å²) in [5, 5.41) is 1.42. The zero-order chi connectivity index (χ0) is 18.8. The van der Waals surface area contributed by atoms with Crippen molar-refractivity contribution in [1.29, 1.82) is 0 Å². The highest BCUT2D eigenvalue weighted by atomic mass is 35.5. The molecule has 0 N–H and O–H groups in total. The van der Waals surface area contributed by atoms with E-state index in [4.69, 9.17) is 20.8 Å². The van der Waals surface area contributed by atoms with E-state index >= 15 is 0 Å². The fourth-order valence-corrected chi connectivity index (χ4v) is 3.11. The van der Waals surface area contributed by atoms with Crippen LogP contribution in [-0.4, -0.2) is 19.1 Å². The lowest BCUT2D eigenvalue weighted by molar-refractivity contribution is 0.318. The molecule has 0 radical (unpaired) electrons. The van der Waals surface area contributed by atoms with E-state index in [2.05, 4.69) is 0 Å². The zero-order valence-corrected chi connectivity index (χ0v) is 15.6. The minimum Gasteiger partial charge on any atom is -0.494 e. The summed E-state index contributed by atoms with van der Waals surface area (Å²) >= 11 is 6.22. The molecule has 136 valence electrons. The molecule has 2 aromatic carbocycles. The van der Waals surface area contributed by atoms with Crippen LogP contribution in [0.25, 0.3) is 11.0 Å². The van der Waals surface area contributed by atoms with Gasteiger partial charge in [-0.1, -0.05) is 17.7 Å². The van der Waals surface area contributed by atoms with E-state index in [9.17, 15) is 9.18 Å². The van der Waals surface area contributed by atoms with Gasteiger partial charge in [-0.25, -0.2) is 9.18 Å². The van der Waals surface area contributed by atoms with Gasteiger partial charge in [0.05, 0.1) is 7.11 Å². The molecule has 0 aliphatic rings. The van der Waals surface area contributed by atoms with Crippen molar-refractivity contribution in [2.75, 3.05) is 14.2 Å². The smallest absolute Gasteiger partial charge is 0.336 e. The van der Waals surface area contributed by atoms with Gasteiger partial charge in [-0.05, 0) is 54.9 Å². The van der Waals surface area contributed by atoms with E-state index in [0.717, 1.165) is 22.1 Å². The minimum absolute atomic E-state index is 0.216. The Bertz CT molecular complexity index is 1020. The summed E-state index contributed by atoms with van der Waals surface area (Å²) in [6, 6.07) is 9.92. The van der Waals surface area contributed by atoms with E-state index in [1.165, 1.54) is 19.2 Å². The van der Waals surface area contributed by atoms with Crippen molar-refractivity contribution in [2.24, 2.45) is 0 Å². The molecular weight excluding hydrogens is 357 g/mol. The van der Waals surface area contributed by atoms with Crippen molar-refractivity contribution in [3.8, 4) is 5.75 Å². The summed E-state index contributed by atoms with van der Waals surface area (Å²) in [7, 11) is 3.33. The van der Waals surface area contributed by atoms with Crippen molar-refractivity contribution < 1.29 is 13.5 Å². The zero-order valence-electron chi connectivity index (χ0n) is 14.8. The maximum Gasteiger partial charge on any atom is 0.336 e. The Morgan fingerprint density at radius 1 is 1.19 bits per heavy atom. The van der Waals surface area contributed by atoms with Crippen LogP contribution in [0, 0.1) is 12.7 Å². The third kappa shape index (κ3) is 3.89. The monoisotopic (exact) mass is 375 g/mol. The van der Waals surface area contributed by atoms with E-state index in [0.29, 0.717) is 23.7 Å².